The molecule has 0 bridgehead atoms. The predicted octanol–water partition coefficient (Wildman–Crippen LogP) is 3.78. The van der Waals surface area contributed by atoms with E-state index in [0.717, 1.165) is 47.2 Å². The number of sulfonamides is 2. The van der Waals surface area contributed by atoms with Gasteiger partial charge in [0.25, 0.3) is 17.7 Å². The van der Waals surface area contributed by atoms with Crippen LogP contribution in [0.25, 0.3) is 21.5 Å². The fraction of sp³-hybridized carbons (Fsp3) is 0.543. The zero-order chi connectivity index (χ0) is 71.9. The molecule has 6 aliphatic carbocycles. The SMILES string of the molecule is C=CC1CC1(NC(=O)[C@@H]1C[C@@H](N)CN1C(=O)[C@@H](NC(=O)CC1CC1)C(C)(C)C)C(=O)NS(=O)(=O)C1CC1.C=CC1CC1(NC(=O)[C@@H]1C[C@@H](NC(=O)c2cc3ccccc3cn2)CN1C(=O)[C@@H](NC(=O)CC1CC1)C(C)(C)C)C(=O)NS(=O)(=O)C1CC1.O=C(O)c1cc2ccccc2cn1. The fourth-order valence-electron chi connectivity index (χ4n) is 12.7. The van der Waals surface area contributed by atoms with Crippen molar-refractivity contribution in [2.75, 3.05) is 13.1 Å². The quantitative estimate of drug-likeness (QED) is 0.0477. The number of carboxylic acid groups (broad SMARTS) is 1. The lowest BCUT2D eigenvalue weighted by molar-refractivity contribution is -0.144. The van der Waals surface area contributed by atoms with E-state index in [2.05, 4.69) is 59.2 Å². The van der Waals surface area contributed by atoms with Crippen molar-refractivity contribution in [3.05, 3.63) is 110 Å². The van der Waals surface area contributed by atoms with Crippen LogP contribution in [-0.4, -0.2) is 172 Å². The van der Waals surface area contributed by atoms with Gasteiger partial charge in [-0.1, -0.05) is 102 Å². The third kappa shape index (κ3) is 17.5. The standard InChI is InChI=1S/C35H44N6O7S.C25H39N5O6S.C10H7NO2/c1-5-23-17-35(23,33(46)40-49(47,48)25-12-13-25)39-31(44)27-16-24(37-30(43)26-15-21-8-6-7-9-22(21)18-36-26)19-41(27)32(45)29(34(2,3)4)38-28(42)14-20-10-11-20;1-5-15-12-25(15,23(34)29-37(35,36)17-8-9-17)28-21(32)18-11-16(26)13-30(18)22(33)20(24(2,3)4)27-19(31)10-14-6-7-14;12-10(13)9-5-7-3-1-2-4-8(7)6-11-9/h5-9,15,18,20,23-25,27,29H,1,10-14,16-17,19H2,2-4H3,(H,37,43)(H,38,42)(H,39,44)(H,40,46);5,14-18,20H,1,6-13,26H2,2-4H3,(H,27,31)(H,28,32)(H,29,34);1-6H,(H,12,13)/t23?,24-,27+,29-,35?;15?,16-,18+,20-,25?;/m11./s1. The van der Waals surface area contributed by atoms with Gasteiger partial charge in [-0.25, -0.2) is 26.6 Å². The lowest BCUT2D eigenvalue weighted by atomic mass is 9.85. The van der Waals surface area contributed by atoms with Crippen molar-refractivity contribution in [2.24, 2.45) is 40.2 Å². The number of rotatable bonds is 23. The first kappa shape index (κ1) is 73.0. The minimum Gasteiger partial charge on any atom is -0.477 e. The second-order valence-electron chi connectivity index (χ2n) is 29.9. The highest BCUT2D eigenvalue weighted by Gasteiger charge is 2.63. The number of hydrogen-bond donors (Lipinski definition) is 9. The minimum atomic E-state index is -3.89. The Balaban J connectivity index is 0.000000185. The van der Waals surface area contributed by atoms with E-state index in [0.29, 0.717) is 50.4 Å². The molecular weight excluding hydrogens is 1310 g/mol. The van der Waals surface area contributed by atoms with Crippen LogP contribution in [0.5, 0.6) is 0 Å². The van der Waals surface area contributed by atoms with E-state index in [1.807, 2.05) is 90.1 Å². The van der Waals surface area contributed by atoms with E-state index in [4.69, 9.17) is 10.8 Å². The van der Waals surface area contributed by atoms with E-state index in [-0.39, 0.29) is 62.0 Å². The van der Waals surface area contributed by atoms with Crippen molar-refractivity contribution in [2.45, 2.75) is 189 Å². The number of carbonyl (C=O) groups is 10. The number of nitrogens with two attached hydrogens (primary N) is 1. The van der Waals surface area contributed by atoms with E-state index in [1.165, 1.54) is 22.0 Å². The van der Waals surface area contributed by atoms with Gasteiger partial charge in [0, 0.05) is 73.0 Å². The summed E-state index contributed by atoms with van der Waals surface area (Å²) in [5.41, 5.74) is 2.08. The molecule has 10 atom stereocenters. The first-order valence-corrected chi connectivity index (χ1v) is 36.9. The molecule has 6 saturated carbocycles. The molecular formula is C70H90N12O15S2. The highest BCUT2D eigenvalue weighted by atomic mass is 32.2. The summed E-state index contributed by atoms with van der Waals surface area (Å²) >= 11 is 0. The smallest absolute Gasteiger partial charge is 0.354 e. The molecule has 8 fully saturated rings. The Labute approximate surface area is 575 Å². The van der Waals surface area contributed by atoms with Gasteiger partial charge in [0.1, 0.15) is 46.6 Å². The Morgan fingerprint density at radius 1 is 0.596 bits per heavy atom. The number of pyridine rings is 2. The molecule has 9 amide bonds. The number of aromatic nitrogens is 2. The highest BCUT2D eigenvalue weighted by molar-refractivity contribution is 7.91. The Morgan fingerprint density at radius 3 is 1.37 bits per heavy atom. The van der Waals surface area contributed by atoms with Crippen LogP contribution >= 0.6 is 0 Å². The predicted molar refractivity (Wildman–Crippen MR) is 366 cm³/mol. The van der Waals surface area contributed by atoms with Crippen molar-refractivity contribution < 1.29 is 69.9 Å². The lowest BCUT2D eigenvalue weighted by Crippen LogP contribution is -2.60. The minimum absolute atomic E-state index is 0.0145. The molecule has 4 aromatic rings. The van der Waals surface area contributed by atoms with Crippen molar-refractivity contribution in [1.82, 2.24) is 55.8 Å². The van der Waals surface area contributed by atoms with Crippen molar-refractivity contribution in [3.8, 4) is 0 Å². The number of nitrogens with one attached hydrogen (secondary N) is 7. The average molecular weight is 1400 g/mol. The molecule has 12 rings (SSSR count). The molecule has 2 aromatic heterocycles. The maximum Gasteiger partial charge on any atom is 0.354 e. The molecule has 4 unspecified atom stereocenters. The molecule has 27 nitrogen and oxygen atoms in total. The largest absolute Gasteiger partial charge is 0.477 e. The zero-order valence-electron chi connectivity index (χ0n) is 56.6. The molecule has 10 N–H and O–H groups in total. The van der Waals surface area contributed by atoms with Gasteiger partial charge in [0.05, 0.1) is 10.5 Å². The maximum atomic E-state index is 14.3. The second-order valence-corrected chi connectivity index (χ2v) is 33.9. The van der Waals surface area contributed by atoms with Crippen molar-refractivity contribution in [3.63, 3.8) is 0 Å². The summed E-state index contributed by atoms with van der Waals surface area (Å²) in [6.07, 6.45) is 13.3. The zero-order valence-corrected chi connectivity index (χ0v) is 58.2. The Morgan fingerprint density at radius 2 is 0.990 bits per heavy atom. The summed E-state index contributed by atoms with van der Waals surface area (Å²) in [7, 11) is -7.69. The summed E-state index contributed by atoms with van der Waals surface area (Å²) < 4.78 is 54.2. The van der Waals surface area contributed by atoms with Crippen LogP contribution in [0.1, 0.15) is 152 Å². The molecule has 0 radical (unpaired) electrons. The van der Waals surface area contributed by atoms with Gasteiger partial charge < -0.3 is 47.2 Å². The number of carbonyl (C=O) groups excluding carboxylic acids is 9. The Kier molecular flexibility index (Phi) is 21.0. The van der Waals surface area contributed by atoms with Crippen molar-refractivity contribution >= 4 is 101 Å². The van der Waals surface area contributed by atoms with Crippen LogP contribution < -0.4 is 41.8 Å². The van der Waals surface area contributed by atoms with Gasteiger partial charge in [-0.05, 0) is 123 Å². The van der Waals surface area contributed by atoms with Gasteiger partial charge in [-0.2, -0.15) is 0 Å². The van der Waals surface area contributed by atoms with E-state index < -0.39 is 148 Å². The molecule has 99 heavy (non-hydrogen) atoms. The monoisotopic (exact) mass is 1400 g/mol. The van der Waals surface area contributed by atoms with E-state index in [9.17, 15) is 64.8 Å². The number of nitrogens with zero attached hydrogens (tertiary/aromatic N) is 4. The topological polar surface area (TPSA) is 402 Å². The van der Waals surface area contributed by atoms with E-state index >= 15 is 0 Å². The van der Waals surface area contributed by atoms with Crippen LogP contribution in [0.3, 0.4) is 0 Å². The summed E-state index contributed by atoms with van der Waals surface area (Å²) in [5, 5.41) is 25.2. The van der Waals surface area contributed by atoms with Gasteiger partial charge in [-0.15, -0.1) is 13.2 Å². The van der Waals surface area contributed by atoms with Crippen LogP contribution in [0.15, 0.2) is 98.4 Å². The van der Waals surface area contributed by atoms with Crippen LogP contribution in [-0.2, 0) is 58.4 Å². The van der Waals surface area contributed by atoms with Crippen LogP contribution in [0.4, 0.5) is 0 Å². The number of fused-ring (bicyclic) bond motifs is 2. The lowest BCUT2D eigenvalue weighted by Gasteiger charge is -2.35. The number of amides is 9. The average Bonchev–Trinajstić information content (AvgIpc) is 1.58. The van der Waals surface area contributed by atoms with Gasteiger partial charge in [0.15, 0.2) is 0 Å². The summed E-state index contributed by atoms with van der Waals surface area (Å²) in [4.78, 5) is 142. The summed E-state index contributed by atoms with van der Waals surface area (Å²) in [6.45, 7) is 18.5. The second kappa shape index (κ2) is 28.5. The Bertz CT molecular complexity index is 4140. The van der Waals surface area contributed by atoms with E-state index in [1.54, 1.807) is 24.5 Å². The highest BCUT2D eigenvalue weighted by Crippen LogP contribution is 2.47. The van der Waals surface area contributed by atoms with Crippen LogP contribution in [0.2, 0.25) is 0 Å². The third-order valence-corrected chi connectivity index (χ3v) is 23.2. The third-order valence-electron chi connectivity index (χ3n) is 19.5. The van der Waals surface area contributed by atoms with Crippen LogP contribution in [0, 0.1) is 34.5 Å². The fourth-order valence-corrected chi connectivity index (χ4v) is 15.5. The number of aromatic carboxylic acids is 1. The number of carboxylic acids is 1. The first-order chi connectivity index (χ1) is 46.6. The normalized spacial score (nSPS) is 25.3. The van der Waals surface area contributed by atoms with Gasteiger partial charge >= 0.3 is 5.97 Å². The molecule has 4 heterocycles. The number of benzene rings is 2. The molecule has 2 aromatic carbocycles. The molecule has 532 valence electrons. The molecule has 2 aliphatic heterocycles. The molecule has 29 heteroatoms. The Hall–Kier alpha value is -8.70. The van der Waals surface area contributed by atoms with Gasteiger partial charge in [-0.3, -0.25) is 57.6 Å². The molecule has 2 saturated heterocycles. The maximum absolute atomic E-state index is 14.3. The summed E-state index contributed by atoms with van der Waals surface area (Å²) in [5.74, 6) is -6.02. The number of hydrogen-bond acceptors (Lipinski definition) is 17. The summed E-state index contributed by atoms with van der Waals surface area (Å²) in [6, 6.07) is 13.2. The molecule has 0 spiro atoms. The van der Waals surface area contributed by atoms with Gasteiger partial charge in [0.2, 0.25) is 55.5 Å². The van der Waals surface area contributed by atoms with Crippen molar-refractivity contribution in [1.29, 1.82) is 0 Å². The number of likely N-dealkylation sites (tertiary alicyclic amines) is 2. The molecule has 8 aliphatic rings. The first-order valence-electron chi connectivity index (χ1n) is 33.8.